The maximum absolute atomic E-state index is 12.1. The fourth-order valence-electron chi connectivity index (χ4n) is 4.03. The van der Waals surface area contributed by atoms with Gasteiger partial charge in [-0.3, -0.25) is 9.58 Å². The quantitative estimate of drug-likeness (QED) is 0.594. The molecule has 1 aliphatic carbocycles. The molecule has 3 rings (SSSR count). The van der Waals surface area contributed by atoms with Gasteiger partial charge in [0.15, 0.2) is 5.82 Å². The third-order valence-corrected chi connectivity index (χ3v) is 6.01. The van der Waals surface area contributed by atoms with Gasteiger partial charge in [0.1, 0.15) is 5.75 Å². The number of rotatable bonds is 8. The monoisotopic (exact) mass is 449 g/mol. The fourth-order valence-corrected chi connectivity index (χ4v) is 4.22. The van der Waals surface area contributed by atoms with E-state index < -0.39 is 6.09 Å². The summed E-state index contributed by atoms with van der Waals surface area (Å²) in [5, 5.41) is 24.5. The van der Waals surface area contributed by atoms with Gasteiger partial charge in [0.2, 0.25) is 0 Å². The fraction of sp³-hybridized carbons (Fsp3) is 0.565. The van der Waals surface area contributed by atoms with Gasteiger partial charge in [0.25, 0.3) is 0 Å². The van der Waals surface area contributed by atoms with E-state index in [0.29, 0.717) is 29.9 Å². The Bertz CT molecular complexity index is 891. The summed E-state index contributed by atoms with van der Waals surface area (Å²) in [6.07, 6.45) is 2.10. The van der Waals surface area contributed by atoms with Gasteiger partial charge in [0, 0.05) is 35.0 Å². The normalized spacial score (nSPS) is 18.9. The lowest BCUT2D eigenvalue weighted by molar-refractivity contribution is 0.172. The molecule has 1 amide bonds. The lowest BCUT2D eigenvalue weighted by Crippen LogP contribution is -2.42. The number of benzene rings is 1. The molecule has 1 fully saturated rings. The Balaban J connectivity index is 1.82. The second-order valence-corrected chi connectivity index (χ2v) is 9.20. The average Bonchev–Trinajstić information content (AvgIpc) is 3.07. The van der Waals surface area contributed by atoms with Crippen LogP contribution in [0.1, 0.15) is 50.8 Å². The summed E-state index contributed by atoms with van der Waals surface area (Å²) < 4.78 is 7.74. The smallest absolute Gasteiger partial charge is 0.413 e. The van der Waals surface area contributed by atoms with Crippen molar-refractivity contribution in [2.24, 2.45) is 11.8 Å². The van der Waals surface area contributed by atoms with Crippen molar-refractivity contribution in [1.82, 2.24) is 9.78 Å². The van der Waals surface area contributed by atoms with Crippen LogP contribution in [0.5, 0.6) is 5.75 Å². The molecule has 31 heavy (non-hydrogen) atoms. The van der Waals surface area contributed by atoms with Crippen molar-refractivity contribution in [3.05, 3.63) is 40.5 Å². The summed E-state index contributed by atoms with van der Waals surface area (Å²) >= 11 is 6.22. The van der Waals surface area contributed by atoms with Gasteiger partial charge in [-0.1, -0.05) is 25.4 Å². The maximum Gasteiger partial charge on any atom is 0.413 e. The number of carbonyl (C=O) groups is 1. The molecular formula is C23H32ClN3O4. The zero-order chi connectivity index (χ0) is 22.5. The average molecular weight is 450 g/mol. The highest BCUT2D eigenvalue weighted by molar-refractivity contribution is 6.30. The van der Waals surface area contributed by atoms with Gasteiger partial charge >= 0.3 is 6.09 Å². The summed E-state index contributed by atoms with van der Waals surface area (Å²) in [5.74, 6) is 1.85. The largest absolute Gasteiger partial charge is 0.493 e. The molecule has 1 aliphatic rings. The molecule has 1 aromatic carbocycles. The number of aliphatic hydroxyl groups is 1. The van der Waals surface area contributed by atoms with E-state index in [9.17, 15) is 15.0 Å². The minimum Gasteiger partial charge on any atom is -0.493 e. The summed E-state index contributed by atoms with van der Waals surface area (Å²) in [6, 6.07) is 7.22. The minimum atomic E-state index is -0.999. The molecule has 2 N–H and O–H groups in total. The first-order valence-electron chi connectivity index (χ1n) is 10.9. The van der Waals surface area contributed by atoms with Crippen LogP contribution in [0.25, 0.3) is 0 Å². The Morgan fingerprint density at radius 1 is 1.29 bits per heavy atom. The highest BCUT2D eigenvalue weighted by Crippen LogP contribution is 2.31. The first kappa shape index (κ1) is 23.4. The Labute approximate surface area is 188 Å². The van der Waals surface area contributed by atoms with Gasteiger partial charge < -0.3 is 14.9 Å². The molecule has 0 unspecified atom stereocenters. The van der Waals surface area contributed by atoms with Crippen molar-refractivity contribution in [3.63, 3.8) is 0 Å². The molecule has 0 aliphatic heterocycles. The molecule has 0 spiro atoms. The zero-order valence-electron chi connectivity index (χ0n) is 18.4. The van der Waals surface area contributed by atoms with Crippen LogP contribution >= 0.6 is 11.6 Å². The summed E-state index contributed by atoms with van der Waals surface area (Å²) in [7, 11) is 0. The maximum atomic E-state index is 12.1. The second-order valence-electron chi connectivity index (χ2n) is 8.77. The van der Waals surface area contributed by atoms with Crippen LogP contribution in [-0.4, -0.2) is 45.3 Å². The molecule has 1 aromatic heterocycles. The molecule has 0 atom stereocenters. The topological polar surface area (TPSA) is 87.8 Å². The van der Waals surface area contributed by atoms with Gasteiger partial charge in [-0.05, 0) is 62.6 Å². The van der Waals surface area contributed by atoms with Crippen molar-refractivity contribution in [1.29, 1.82) is 0 Å². The molecular weight excluding hydrogens is 418 g/mol. The number of hydrogen-bond donors (Lipinski definition) is 2. The molecule has 8 heteroatoms. The van der Waals surface area contributed by atoms with Crippen LogP contribution in [0.4, 0.5) is 10.6 Å². The second kappa shape index (κ2) is 10.4. The van der Waals surface area contributed by atoms with Crippen LogP contribution in [0.3, 0.4) is 0 Å². The van der Waals surface area contributed by atoms with E-state index in [1.807, 2.05) is 25.1 Å². The van der Waals surface area contributed by atoms with Crippen molar-refractivity contribution in [3.8, 4) is 5.75 Å². The van der Waals surface area contributed by atoms with Crippen LogP contribution in [0.2, 0.25) is 5.02 Å². The van der Waals surface area contributed by atoms with Crippen LogP contribution in [0, 0.1) is 18.8 Å². The Morgan fingerprint density at radius 2 is 2.00 bits per heavy atom. The third-order valence-electron chi connectivity index (χ3n) is 5.78. The van der Waals surface area contributed by atoms with Crippen molar-refractivity contribution < 1.29 is 19.7 Å². The molecule has 0 bridgehead atoms. The first-order chi connectivity index (χ1) is 14.8. The first-order valence-corrected chi connectivity index (χ1v) is 11.2. The highest BCUT2D eigenvalue weighted by atomic mass is 35.5. The number of aliphatic hydroxyl groups excluding tert-OH is 1. The molecule has 1 saturated carbocycles. The summed E-state index contributed by atoms with van der Waals surface area (Å²) in [6.45, 7) is 7.29. The SMILES string of the molecule is Cc1cc(N(C(=O)O)C2CCC(CO)CC2)nn1Cc1cc(Cl)ccc1OCC(C)C. The van der Waals surface area contributed by atoms with Crippen LogP contribution < -0.4 is 9.64 Å². The van der Waals surface area contributed by atoms with Gasteiger partial charge in [-0.25, -0.2) is 4.79 Å². The summed E-state index contributed by atoms with van der Waals surface area (Å²) in [5.41, 5.74) is 1.76. The Morgan fingerprint density at radius 3 is 2.61 bits per heavy atom. The van der Waals surface area contributed by atoms with E-state index >= 15 is 0 Å². The number of aryl methyl sites for hydroxylation is 1. The van der Waals surface area contributed by atoms with E-state index in [1.165, 1.54) is 4.90 Å². The Kier molecular flexibility index (Phi) is 7.84. The van der Waals surface area contributed by atoms with Crippen molar-refractivity contribution in [2.45, 2.75) is 59.0 Å². The molecule has 0 radical (unpaired) electrons. The number of ether oxygens (including phenoxy) is 1. The van der Waals surface area contributed by atoms with Crippen LogP contribution in [0.15, 0.2) is 24.3 Å². The van der Waals surface area contributed by atoms with E-state index in [2.05, 4.69) is 18.9 Å². The van der Waals surface area contributed by atoms with Gasteiger partial charge in [0.05, 0.1) is 13.2 Å². The standard InChI is InChI=1S/C23H32ClN3O4/c1-15(2)14-31-21-9-6-19(24)11-18(21)12-26-16(3)10-22(25-26)27(23(29)30)20-7-4-17(13-28)5-8-20/h6,9-11,15,17,20,28H,4-5,7-8,12-14H2,1-3H3,(H,29,30). The van der Waals surface area contributed by atoms with Crippen molar-refractivity contribution >= 4 is 23.5 Å². The molecule has 0 saturated heterocycles. The van der Waals surface area contributed by atoms with Crippen LogP contribution in [-0.2, 0) is 6.54 Å². The molecule has 2 aromatic rings. The Hall–Kier alpha value is -2.25. The van der Waals surface area contributed by atoms with E-state index in [1.54, 1.807) is 10.7 Å². The predicted octanol–water partition coefficient (Wildman–Crippen LogP) is 4.96. The van der Waals surface area contributed by atoms with Crippen molar-refractivity contribution in [2.75, 3.05) is 18.1 Å². The minimum absolute atomic E-state index is 0.126. The van der Waals surface area contributed by atoms with Gasteiger partial charge in [-0.2, -0.15) is 5.10 Å². The number of aromatic nitrogens is 2. The van der Waals surface area contributed by atoms with Gasteiger partial charge in [-0.15, -0.1) is 0 Å². The third kappa shape index (κ3) is 5.92. The lowest BCUT2D eigenvalue weighted by atomic mass is 9.86. The summed E-state index contributed by atoms with van der Waals surface area (Å²) in [4.78, 5) is 13.4. The number of amides is 1. The number of nitrogens with zero attached hydrogens (tertiary/aromatic N) is 3. The van der Waals surface area contributed by atoms with E-state index in [-0.39, 0.29) is 18.6 Å². The number of halogens is 1. The molecule has 7 nitrogen and oxygen atoms in total. The van der Waals surface area contributed by atoms with E-state index in [0.717, 1.165) is 42.7 Å². The number of carboxylic acid groups (broad SMARTS) is 1. The zero-order valence-corrected chi connectivity index (χ0v) is 19.2. The number of anilines is 1. The number of hydrogen-bond acceptors (Lipinski definition) is 4. The molecule has 1 heterocycles. The molecule has 170 valence electrons. The van der Waals surface area contributed by atoms with E-state index in [4.69, 9.17) is 16.3 Å². The highest BCUT2D eigenvalue weighted by Gasteiger charge is 2.31. The predicted molar refractivity (Wildman–Crippen MR) is 121 cm³/mol. The lowest BCUT2D eigenvalue weighted by Gasteiger charge is -2.33.